The van der Waals surface area contributed by atoms with Gasteiger partial charge in [-0.15, -0.1) is 0 Å². The molecular formula is C18H17N3O4. The Hall–Kier alpha value is -3.09. The standard InChI is InChI=1S/C18H17N3O4/c22-17-7-13(18(23)20-14-2-1-5-19-8-14)10-21(17)9-12-3-4-15-16(6-12)25-11-24-15/h1-6,8,13H,7,9-11H2,(H,20,23). The van der Waals surface area contributed by atoms with E-state index < -0.39 is 0 Å². The van der Waals surface area contributed by atoms with Crippen LogP contribution in [0.1, 0.15) is 12.0 Å². The predicted molar refractivity (Wildman–Crippen MR) is 89.0 cm³/mol. The Kier molecular flexibility index (Phi) is 3.97. The zero-order valence-electron chi connectivity index (χ0n) is 13.5. The van der Waals surface area contributed by atoms with Crippen molar-refractivity contribution < 1.29 is 19.1 Å². The molecule has 0 saturated carbocycles. The van der Waals surface area contributed by atoms with E-state index >= 15 is 0 Å². The molecule has 25 heavy (non-hydrogen) atoms. The van der Waals surface area contributed by atoms with Gasteiger partial charge in [-0.05, 0) is 29.8 Å². The number of likely N-dealkylation sites (tertiary alicyclic amines) is 1. The van der Waals surface area contributed by atoms with Crippen LogP contribution >= 0.6 is 0 Å². The molecule has 2 amide bonds. The highest BCUT2D eigenvalue weighted by atomic mass is 16.7. The quantitative estimate of drug-likeness (QED) is 0.919. The molecule has 3 heterocycles. The van der Waals surface area contributed by atoms with Crippen LogP contribution in [0.2, 0.25) is 0 Å². The lowest BCUT2D eigenvalue weighted by atomic mass is 10.1. The lowest BCUT2D eigenvalue weighted by Crippen LogP contribution is -2.28. The Morgan fingerprint density at radius 1 is 1.28 bits per heavy atom. The third kappa shape index (κ3) is 3.26. The molecule has 1 unspecified atom stereocenters. The van der Waals surface area contributed by atoms with Crippen molar-refractivity contribution in [2.75, 3.05) is 18.7 Å². The molecule has 0 radical (unpaired) electrons. The van der Waals surface area contributed by atoms with Gasteiger partial charge in [0.2, 0.25) is 18.6 Å². The Balaban J connectivity index is 1.39. The molecule has 1 N–H and O–H groups in total. The number of nitrogens with zero attached hydrogens (tertiary/aromatic N) is 2. The van der Waals surface area contributed by atoms with Crippen LogP contribution in [0, 0.1) is 5.92 Å². The van der Waals surface area contributed by atoms with E-state index in [4.69, 9.17) is 9.47 Å². The van der Waals surface area contributed by atoms with Gasteiger partial charge in [-0.1, -0.05) is 6.07 Å². The summed E-state index contributed by atoms with van der Waals surface area (Å²) in [6.45, 7) is 1.07. The Morgan fingerprint density at radius 3 is 3.00 bits per heavy atom. The normalized spacial score (nSPS) is 18.5. The van der Waals surface area contributed by atoms with Gasteiger partial charge in [0.05, 0.1) is 17.8 Å². The number of rotatable bonds is 4. The first-order valence-electron chi connectivity index (χ1n) is 8.06. The largest absolute Gasteiger partial charge is 0.454 e. The van der Waals surface area contributed by atoms with Crippen LogP contribution in [-0.2, 0) is 16.1 Å². The van der Waals surface area contributed by atoms with Crippen molar-refractivity contribution in [3.63, 3.8) is 0 Å². The van der Waals surface area contributed by atoms with Crippen LogP contribution in [0.4, 0.5) is 5.69 Å². The molecule has 1 fully saturated rings. The van der Waals surface area contributed by atoms with E-state index in [0.29, 0.717) is 30.3 Å². The second kappa shape index (κ2) is 6.43. The molecule has 4 rings (SSSR count). The first-order chi connectivity index (χ1) is 12.2. The third-order valence-electron chi connectivity index (χ3n) is 4.32. The number of carbonyl (C=O) groups is 2. The van der Waals surface area contributed by atoms with Crippen LogP contribution in [0.25, 0.3) is 0 Å². The molecule has 1 atom stereocenters. The Morgan fingerprint density at radius 2 is 2.16 bits per heavy atom. The molecule has 7 nitrogen and oxygen atoms in total. The number of pyridine rings is 1. The highest BCUT2D eigenvalue weighted by Crippen LogP contribution is 2.33. The fraction of sp³-hybridized carbons (Fsp3) is 0.278. The topological polar surface area (TPSA) is 80.8 Å². The minimum atomic E-state index is -0.360. The number of amides is 2. The van der Waals surface area contributed by atoms with Gasteiger partial charge < -0.3 is 19.7 Å². The molecule has 7 heteroatoms. The van der Waals surface area contributed by atoms with Crippen molar-refractivity contribution in [2.24, 2.45) is 5.92 Å². The lowest BCUT2D eigenvalue weighted by molar-refractivity contribution is -0.128. The SMILES string of the molecule is O=C(Nc1cccnc1)C1CC(=O)N(Cc2ccc3c(c2)OCO3)C1. The number of ether oxygens (including phenoxy) is 2. The maximum Gasteiger partial charge on any atom is 0.231 e. The number of benzene rings is 1. The van der Waals surface area contributed by atoms with Gasteiger partial charge in [0.25, 0.3) is 0 Å². The van der Waals surface area contributed by atoms with Crippen molar-refractivity contribution in [3.8, 4) is 11.5 Å². The van der Waals surface area contributed by atoms with Crippen LogP contribution in [-0.4, -0.2) is 35.0 Å². The third-order valence-corrected chi connectivity index (χ3v) is 4.32. The molecular weight excluding hydrogens is 322 g/mol. The van der Waals surface area contributed by atoms with Crippen LogP contribution in [0.5, 0.6) is 11.5 Å². The summed E-state index contributed by atoms with van der Waals surface area (Å²) in [7, 11) is 0. The van der Waals surface area contributed by atoms with Crippen molar-refractivity contribution >= 4 is 17.5 Å². The number of fused-ring (bicyclic) bond motifs is 1. The summed E-state index contributed by atoms with van der Waals surface area (Å²) in [6.07, 6.45) is 3.44. The zero-order valence-corrected chi connectivity index (χ0v) is 13.5. The van der Waals surface area contributed by atoms with Crippen molar-refractivity contribution in [1.29, 1.82) is 0 Å². The van der Waals surface area contributed by atoms with Crippen molar-refractivity contribution in [3.05, 3.63) is 48.3 Å². The molecule has 2 aromatic rings. The second-order valence-corrected chi connectivity index (χ2v) is 6.09. The van der Waals surface area contributed by atoms with Crippen molar-refractivity contribution in [1.82, 2.24) is 9.88 Å². The zero-order chi connectivity index (χ0) is 17.2. The predicted octanol–water partition coefficient (Wildman–Crippen LogP) is 1.80. The number of carbonyl (C=O) groups excluding carboxylic acids is 2. The maximum absolute atomic E-state index is 12.4. The van der Waals surface area contributed by atoms with Crippen LogP contribution < -0.4 is 14.8 Å². The highest BCUT2D eigenvalue weighted by Gasteiger charge is 2.34. The summed E-state index contributed by atoms with van der Waals surface area (Å²) >= 11 is 0. The van der Waals surface area contributed by atoms with Gasteiger partial charge in [-0.3, -0.25) is 14.6 Å². The molecule has 2 aliphatic rings. The minimum Gasteiger partial charge on any atom is -0.454 e. The van der Waals surface area contributed by atoms with E-state index in [1.54, 1.807) is 29.4 Å². The smallest absolute Gasteiger partial charge is 0.231 e. The van der Waals surface area contributed by atoms with Gasteiger partial charge in [-0.25, -0.2) is 0 Å². The number of hydrogen-bond acceptors (Lipinski definition) is 5. The minimum absolute atomic E-state index is 0.0241. The summed E-state index contributed by atoms with van der Waals surface area (Å²) < 4.78 is 10.6. The summed E-state index contributed by atoms with van der Waals surface area (Å²) in [6, 6.07) is 9.14. The Labute approximate surface area is 144 Å². The van der Waals surface area contributed by atoms with Gasteiger partial charge in [0, 0.05) is 25.7 Å². The van der Waals surface area contributed by atoms with E-state index in [0.717, 1.165) is 5.56 Å². The summed E-state index contributed by atoms with van der Waals surface area (Å²) in [5, 5.41) is 2.81. The summed E-state index contributed by atoms with van der Waals surface area (Å²) in [5.41, 5.74) is 1.58. The van der Waals surface area contributed by atoms with Gasteiger partial charge in [0.15, 0.2) is 11.5 Å². The average Bonchev–Trinajstić information content (AvgIpc) is 3.22. The van der Waals surface area contributed by atoms with E-state index in [9.17, 15) is 9.59 Å². The first kappa shape index (κ1) is 15.4. The van der Waals surface area contributed by atoms with E-state index in [2.05, 4.69) is 10.3 Å². The molecule has 128 valence electrons. The van der Waals surface area contributed by atoms with Gasteiger partial charge in [-0.2, -0.15) is 0 Å². The molecule has 2 aliphatic heterocycles. The molecule has 1 aromatic carbocycles. The summed E-state index contributed by atoms with van der Waals surface area (Å²) in [4.78, 5) is 30.3. The number of aromatic nitrogens is 1. The average molecular weight is 339 g/mol. The number of nitrogens with one attached hydrogen (secondary N) is 1. The van der Waals surface area contributed by atoms with Gasteiger partial charge >= 0.3 is 0 Å². The lowest BCUT2D eigenvalue weighted by Gasteiger charge is -2.17. The monoisotopic (exact) mass is 339 g/mol. The molecule has 0 spiro atoms. The summed E-state index contributed by atoms with van der Waals surface area (Å²) in [5.74, 6) is 0.862. The van der Waals surface area contributed by atoms with Crippen LogP contribution in [0.15, 0.2) is 42.7 Å². The molecule has 1 aromatic heterocycles. The highest BCUT2D eigenvalue weighted by molar-refractivity contribution is 5.97. The van der Waals surface area contributed by atoms with E-state index in [1.807, 2.05) is 18.2 Å². The number of anilines is 1. The van der Waals surface area contributed by atoms with E-state index in [1.165, 1.54) is 0 Å². The number of hydrogen-bond donors (Lipinski definition) is 1. The maximum atomic E-state index is 12.4. The molecule has 0 aliphatic carbocycles. The fourth-order valence-corrected chi connectivity index (χ4v) is 3.04. The van der Waals surface area contributed by atoms with Crippen molar-refractivity contribution in [2.45, 2.75) is 13.0 Å². The Bertz CT molecular complexity index is 809. The van der Waals surface area contributed by atoms with Crippen LogP contribution in [0.3, 0.4) is 0 Å². The first-order valence-corrected chi connectivity index (χ1v) is 8.06. The second-order valence-electron chi connectivity index (χ2n) is 6.09. The fourth-order valence-electron chi connectivity index (χ4n) is 3.04. The van der Waals surface area contributed by atoms with Gasteiger partial charge in [0.1, 0.15) is 0 Å². The van der Waals surface area contributed by atoms with E-state index in [-0.39, 0.29) is 30.9 Å². The molecule has 0 bridgehead atoms. The molecule has 1 saturated heterocycles.